The smallest absolute Gasteiger partial charge is 0.331 e. The average molecular weight is 466 g/mol. The standard InChI is InChI=1S/C24H26N4O6/c1-16(2)13-27(19(29)15-34-20(30)11-10-18-9-6-12-33-18)21-22(25)28(24(32)26-23(21)31)14-17-7-4-3-5-8-17/h3-12,16H,13-15,25H2,1-2H3,(H,26,31,32). The van der Waals surface area contributed by atoms with E-state index in [2.05, 4.69) is 4.98 Å². The Morgan fingerprint density at radius 3 is 2.56 bits per heavy atom. The Labute approximate surface area is 195 Å². The molecule has 0 aliphatic carbocycles. The molecule has 10 heteroatoms. The highest BCUT2D eigenvalue weighted by molar-refractivity contribution is 5.98. The van der Waals surface area contributed by atoms with Gasteiger partial charge >= 0.3 is 11.7 Å². The zero-order valence-electron chi connectivity index (χ0n) is 18.9. The molecule has 0 saturated heterocycles. The maximum Gasteiger partial charge on any atom is 0.331 e. The summed E-state index contributed by atoms with van der Waals surface area (Å²) in [7, 11) is 0. The number of amides is 1. The second-order valence-corrected chi connectivity index (χ2v) is 7.92. The molecular formula is C24H26N4O6. The topological polar surface area (TPSA) is 141 Å². The lowest BCUT2D eigenvalue weighted by molar-refractivity contribution is -0.142. The molecule has 0 radical (unpaired) electrons. The second kappa shape index (κ2) is 11.0. The number of nitrogens with two attached hydrogens (primary N) is 1. The predicted octanol–water partition coefficient (Wildman–Crippen LogP) is 2.01. The molecule has 0 aliphatic rings. The van der Waals surface area contributed by atoms with E-state index >= 15 is 0 Å². The third kappa shape index (κ3) is 6.12. The molecule has 1 amide bonds. The number of ether oxygens (including phenoxy) is 1. The number of carbonyl (C=O) groups excluding carboxylic acids is 2. The van der Waals surface area contributed by atoms with Crippen molar-refractivity contribution >= 4 is 29.5 Å². The van der Waals surface area contributed by atoms with Gasteiger partial charge in [-0.25, -0.2) is 9.59 Å². The van der Waals surface area contributed by atoms with Crippen molar-refractivity contribution in [2.24, 2.45) is 5.92 Å². The molecule has 178 valence electrons. The number of nitrogens with zero attached hydrogens (tertiary/aromatic N) is 2. The number of furan rings is 1. The fraction of sp³-hybridized carbons (Fsp3) is 0.250. The number of rotatable bonds is 9. The van der Waals surface area contributed by atoms with E-state index < -0.39 is 29.7 Å². The van der Waals surface area contributed by atoms with E-state index in [1.54, 1.807) is 12.1 Å². The molecule has 0 saturated carbocycles. The van der Waals surface area contributed by atoms with Crippen LogP contribution in [0.3, 0.4) is 0 Å². The number of aromatic amines is 1. The van der Waals surface area contributed by atoms with E-state index in [0.29, 0.717) is 5.76 Å². The fourth-order valence-corrected chi connectivity index (χ4v) is 3.24. The third-order valence-corrected chi connectivity index (χ3v) is 4.78. The quantitative estimate of drug-likeness (QED) is 0.363. The van der Waals surface area contributed by atoms with Crippen LogP contribution in [0.15, 0.2) is 68.8 Å². The molecule has 10 nitrogen and oxygen atoms in total. The average Bonchev–Trinajstić information content (AvgIpc) is 3.32. The first-order valence-corrected chi connectivity index (χ1v) is 10.6. The van der Waals surface area contributed by atoms with Crippen molar-refractivity contribution in [3.63, 3.8) is 0 Å². The fourth-order valence-electron chi connectivity index (χ4n) is 3.24. The Balaban J connectivity index is 1.85. The van der Waals surface area contributed by atoms with Crippen LogP contribution in [0, 0.1) is 5.92 Å². The lowest BCUT2D eigenvalue weighted by Gasteiger charge is -2.26. The van der Waals surface area contributed by atoms with Gasteiger partial charge in [0.05, 0.1) is 12.8 Å². The highest BCUT2D eigenvalue weighted by Crippen LogP contribution is 2.19. The van der Waals surface area contributed by atoms with Crippen molar-refractivity contribution < 1.29 is 18.7 Å². The van der Waals surface area contributed by atoms with Crippen LogP contribution >= 0.6 is 0 Å². The first kappa shape index (κ1) is 24.3. The van der Waals surface area contributed by atoms with Crippen LogP contribution in [0.25, 0.3) is 6.08 Å². The van der Waals surface area contributed by atoms with Crippen LogP contribution in [-0.2, 0) is 20.9 Å². The predicted molar refractivity (Wildman–Crippen MR) is 127 cm³/mol. The molecule has 0 atom stereocenters. The summed E-state index contributed by atoms with van der Waals surface area (Å²) < 4.78 is 11.3. The minimum Gasteiger partial charge on any atom is -0.465 e. The van der Waals surface area contributed by atoms with Crippen molar-refractivity contribution in [1.29, 1.82) is 0 Å². The normalized spacial score (nSPS) is 11.1. The molecular weight excluding hydrogens is 440 g/mol. The van der Waals surface area contributed by atoms with Gasteiger partial charge in [0.1, 0.15) is 11.6 Å². The van der Waals surface area contributed by atoms with Gasteiger partial charge in [-0.15, -0.1) is 0 Å². The van der Waals surface area contributed by atoms with Crippen LogP contribution in [-0.4, -0.2) is 34.6 Å². The monoisotopic (exact) mass is 466 g/mol. The number of anilines is 2. The van der Waals surface area contributed by atoms with Gasteiger partial charge in [0, 0.05) is 12.6 Å². The van der Waals surface area contributed by atoms with Gasteiger partial charge in [-0.05, 0) is 29.7 Å². The number of nitrogens with one attached hydrogen (secondary N) is 1. The zero-order valence-corrected chi connectivity index (χ0v) is 18.9. The van der Waals surface area contributed by atoms with Gasteiger partial charge < -0.3 is 19.8 Å². The van der Waals surface area contributed by atoms with Crippen LogP contribution in [0.1, 0.15) is 25.2 Å². The number of H-pyrrole nitrogens is 1. The Kier molecular flexibility index (Phi) is 7.86. The van der Waals surface area contributed by atoms with E-state index in [0.717, 1.165) is 16.5 Å². The molecule has 0 unspecified atom stereocenters. The first-order valence-electron chi connectivity index (χ1n) is 10.6. The number of hydrogen-bond donors (Lipinski definition) is 2. The van der Waals surface area contributed by atoms with Crippen LogP contribution in [0.4, 0.5) is 11.5 Å². The third-order valence-electron chi connectivity index (χ3n) is 4.78. The lowest BCUT2D eigenvalue weighted by Crippen LogP contribution is -2.44. The largest absolute Gasteiger partial charge is 0.465 e. The first-order chi connectivity index (χ1) is 16.3. The summed E-state index contributed by atoms with van der Waals surface area (Å²) in [5.41, 5.74) is 5.35. The summed E-state index contributed by atoms with van der Waals surface area (Å²) in [6, 6.07) is 12.4. The maximum atomic E-state index is 13.0. The second-order valence-electron chi connectivity index (χ2n) is 7.92. The molecule has 0 spiro atoms. The van der Waals surface area contributed by atoms with Gasteiger partial charge in [0.15, 0.2) is 12.3 Å². The SMILES string of the molecule is CC(C)CN(C(=O)COC(=O)C=Cc1ccco1)c1c(N)n(Cc2ccccc2)c(=O)[nH]c1=O. The summed E-state index contributed by atoms with van der Waals surface area (Å²) in [5, 5.41) is 0. The number of esters is 1. The zero-order chi connectivity index (χ0) is 24.7. The Hall–Kier alpha value is -4.34. The van der Waals surface area contributed by atoms with Gasteiger partial charge in [0.2, 0.25) is 0 Å². The van der Waals surface area contributed by atoms with Crippen LogP contribution in [0.2, 0.25) is 0 Å². The van der Waals surface area contributed by atoms with Gasteiger partial charge in [-0.3, -0.25) is 19.1 Å². The number of carbonyl (C=O) groups is 2. The summed E-state index contributed by atoms with van der Waals surface area (Å²) >= 11 is 0. The van der Waals surface area contributed by atoms with E-state index in [4.69, 9.17) is 14.9 Å². The molecule has 0 aliphatic heterocycles. The van der Waals surface area contributed by atoms with E-state index in [1.165, 1.54) is 16.9 Å². The van der Waals surface area contributed by atoms with Gasteiger partial charge in [0.25, 0.3) is 11.5 Å². The van der Waals surface area contributed by atoms with Gasteiger partial charge in [-0.2, -0.15) is 0 Å². The molecule has 1 aromatic carbocycles. The lowest BCUT2D eigenvalue weighted by atomic mass is 10.2. The molecule has 0 fully saturated rings. The minimum atomic E-state index is -0.801. The van der Waals surface area contributed by atoms with Crippen molar-refractivity contribution in [3.05, 3.63) is 87.0 Å². The summed E-state index contributed by atoms with van der Waals surface area (Å²) in [5.74, 6) is -1.17. The summed E-state index contributed by atoms with van der Waals surface area (Å²) in [6.07, 6.45) is 3.98. The van der Waals surface area contributed by atoms with Crippen molar-refractivity contribution in [1.82, 2.24) is 9.55 Å². The highest BCUT2D eigenvalue weighted by Gasteiger charge is 2.25. The number of nitrogen functional groups attached to an aromatic ring is 1. The Morgan fingerprint density at radius 1 is 1.18 bits per heavy atom. The maximum absolute atomic E-state index is 13.0. The van der Waals surface area contributed by atoms with Crippen LogP contribution < -0.4 is 21.9 Å². The van der Waals surface area contributed by atoms with Crippen molar-refractivity contribution in [2.75, 3.05) is 23.8 Å². The van der Waals surface area contributed by atoms with Crippen molar-refractivity contribution in [3.8, 4) is 0 Å². The van der Waals surface area contributed by atoms with E-state index in [-0.39, 0.29) is 30.5 Å². The number of aromatic nitrogens is 2. The molecule has 3 rings (SSSR count). The molecule has 3 aromatic rings. The highest BCUT2D eigenvalue weighted by atomic mass is 16.5. The van der Waals surface area contributed by atoms with E-state index in [9.17, 15) is 19.2 Å². The molecule has 2 heterocycles. The van der Waals surface area contributed by atoms with E-state index in [1.807, 2.05) is 44.2 Å². The summed E-state index contributed by atoms with van der Waals surface area (Å²) in [4.78, 5) is 53.5. The molecule has 3 N–H and O–H groups in total. The van der Waals surface area contributed by atoms with Gasteiger partial charge in [-0.1, -0.05) is 44.2 Å². The molecule has 2 aromatic heterocycles. The van der Waals surface area contributed by atoms with Crippen molar-refractivity contribution in [2.45, 2.75) is 20.4 Å². The number of hydrogen-bond acceptors (Lipinski definition) is 7. The summed E-state index contributed by atoms with van der Waals surface area (Å²) in [6.45, 7) is 3.30. The molecule has 34 heavy (non-hydrogen) atoms. The molecule has 0 bridgehead atoms. The minimum absolute atomic E-state index is 0.0493. The van der Waals surface area contributed by atoms with Crippen LogP contribution in [0.5, 0.6) is 0 Å². The Morgan fingerprint density at radius 2 is 1.91 bits per heavy atom. The number of benzene rings is 1. The Bertz CT molecular complexity index is 1270.